The van der Waals surface area contributed by atoms with E-state index in [1.54, 1.807) is 0 Å². The van der Waals surface area contributed by atoms with Crippen molar-refractivity contribution in [1.82, 2.24) is 0 Å². The third-order valence-corrected chi connectivity index (χ3v) is 4.76. The minimum Gasteiger partial charge on any atom is -0.463 e. The van der Waals surface area contributed by atoms with E-state index in [0.29, 0.717) is 25.0 Å². The maximum Gasteiger partial charge on any atom is 0.302 e. The molecule has 1 heterocycles. The molecule has 0 amide bonds. The molecule has 20 heavy (non-hydrogen) atoms. The topological polar surface area (TPSA) is 44.8 Å². The molecule has 4 nitrogen and oxygen atoms in total. The van der Waals surface area contributed by atoms with Crippen molar-refractivity contribution in [1.29, 1.82) is 0 Å². The van der Waals surface area contributed by atoms with E-state index >= 15 is 0 Å². The van der Waals surface area contributed by atoms with Gasteiger partial charge in [0.2, 0.25) is 0 Å². The van der Waals surface area contributed by atoms with Gasteiger partial charge < -0.3 is 14.2 Å². The van der Waals surface area contributed by atoms with Crippen LogP contribution in [-0.2, 0) is 19.0 Å². The van der Waals surface area contributed by atoms with Gasteiger partial charge in [-0.05, 0) is 19.8 Å². The van der Waals surface area contributed by atoms with Crippen LogP contribution in [0.1, 0.15) is 59.3 Å². The molecule has 1 saturated carbocycles. The molecule has 1 aliphatic heterocycles. The summed E-state index contributed by atoms with van der Waals surface area (Å²) in [5.74, 6) is 0.117. The van der Waals surface area contributed by atoms with Crippen LogP contribution in [0.2, 0.25) is 0 Å². The molecule has 4 heteroatoms. The Bertz CT molecular complexity index is 322. The minimum absolute atomic E-state index is 0.0497. The number of hydrogen-bond acceptors (Lipinski definition) is 4. The van der Waals surface area contributed by atoms with Gasteiger partial charge in [0, 0.05) is 25.2 Å². The van der Waals surface area contributed by atoms with Gasteiger partial charge in [0.1, 0.15) is 6.10 Å². The first-order valence-electron chi connectivity index (χ1n) is 8.04. The summed E-state index contributed by atoms with van der Waals surface area (Å²) >= 11 is 0. The quantitative estimate of drug-likeness (QED) is 0.554. The van der Waals surface area contributed by atoms with Crippen molar-refractivity contribution < 1.29 is 19.0 Å². The molecule has 0 N–H and O–H groups in total. The second-order valence-electron chi connectivity index (χ2n) is 6.13. The van der Waals surface area contributed by atoms with E-state index in [4.69, 9.17) is 14.2 Å². The van der Waals surface area contributed by atoms with Crippen molar-refractivity contribution in [2.75, 3.05) is 13.2 Å². The Morgan fingerprint density at radius 1 is 1.35 bits per heavy atom. The van der Waals surface area contributed by atoms with Gasteiger partial charge in [0.05, 0.1) is 13.2 Å². The fourth-order valence-corrected chi connectivity index (χ4v) is 3.87. The molecule has 1 spiro atoms. The van der Waals surface area contributed by atoms with E-state index in [9.17, 15) is 4.79 Å². The third kappa shape index (κ3) is 3.34. The van der Waals surface area contributed by atoms with Gasteiger partial charge >= 0.3 is 5.97 Å². The van der Waals surface area contributed by atoms with Gasteiger partial charge in [0.25, 0.3) is 0 Å². The molecule has 2 fully saturated rings. The molecule has 0 aromatic rings. The van der Waals surface area contributed by atoms with Crippen LogP contribution >= 0.6 is 0 Å². The number of rotatable bonds is 6. The lowest BCUT2D eigenvalue weighted by Gasteiger charge is -2.34. The summed E-state index contributed by atoms with van der Waals surface area (Å²) in [6, 6.07) is 0. The lowest BCUT2D eigenvalue weighted by molar-refractivity contribution is -0.193. The summed E-state index contributed by atoms with van der Waals surface area (Å²) in [7, 11) is 0. The Kier molecular flexibility index (Phi) is 5.44. The summed E-state index contributed by atoms with van der Waals surface area (Å²) < 4.78 is 17.4. The van der Waals surface area contributed by atoms with Gasteiger partial charge in [-0.2, -0.15) is 0 Å². The maximum absolute atomic E-state index is 11.2. The van der Waals surface area contributed by atoms with Gasteiger partial charge in [-0.15, -0.1) is 0 Å². The van der Waals surface area contributed by atoms with E-state index < -0.39 is 5.79 Å². The molecule has 116 valence electrons. The molecular weight excluding hydrogens is 256 g/mol. The predicted octanol–water partition coefficient (Wildman–Crippen LogP) is 3.29. The molecule has 0 aromatic carbocycles. The summed E-state index contributed by atoms with van der Waals surface area (Å²) in [4.78, 5) is 11.2. The van der Waals surface area contributed by atoms with E-state index in [-0.39, 0.29) is 12.1 Å². The summed E-state index contributed by atoms with van der Waals surface area (Å²) in [6.07, 6.45) is 6.65. The smallest absolute Gasteiger partial charge is 0.302 e. The van der Waals surface area contributed by atoms with E-state index in [2.05, 4.69) is 6.92 Å². The highest BCUT2D eigenvalue weighted by Gasteiger charge is 2.54. The van der Waals surface area contributed by atoms with Crippen molar-refractivity contribution in [3.05, 3.63) is 0 Å². The van der Waals surface area contributed by atoms with Gasteiger partial charge in [-0.1, -0.05) is 26.2 Å². The zero-order valence-corrected chi connectivity index (χ0v) is 13.0. The fourth-order valence-electron chi connectivity index (χ4n) is 3.87. The predicted molar refractivity (Wildman–Crippen MR) is 76.2 cm³/mol. The average molecular weight is 284 g/mol. The number of ether oxygens (including phenoxy) is 3. The number of esters is 1. The molecule has 2 aliphatic rings. The summed E-state index contributed by atoms with van der Waals surface area (Å²) in [5.41, 5.74) is 0. The Morgan fingerprint density at radius 3 is 2.65 bits per heavy atom. The fraction of sp³-hybridized carbons (Fsp3) is 0.938. The second kappa shape index (κ2) is 6.90. The van der Waals surface area contributed by atoms with Crippen LogP contribution < -0.4 is 0 Å². The first kappa shape index (κ1) is 15.8. The van der Waals surface area contributed by atoms with Crippen LogP contribution in [0.15, 0.2) is 0 Å². The standard InChI is InChI=1S/C16H28O4/c1-4-5-6-7-15-14(12(2)20-13(3)17)8-9-16(15)18-10-11-19-16/h12,14-15H,4-11H2,1-3H3. The van der Waals surface area contributed by atoms with E-state index in [1.165, 1.54) is 26.2 Å². The Hall–Kier alpha value is -0.610. The van der Waals surface area contributed by atoms with Crippen LogP contribution in [0, 0.1) is 11.8 Å². The van der Waals surface area contributed by atoms with Crippen molar-refractivity contribution in [2.45, 2.75) is 71.2 Å². The monoisotopic (exact) mass is 284 g/mol. The van der Waals surface area contributed by atoms with Crippen molar-refractivity contribution in [3.8, 4) is 0 Å². The maximum atomic E-state index is 11.2. The zero-order valence-electron chi connectivity index (χ0n) is 13.0. The lowest BCUT2D eigenvalue weighted by Crippen LogP contribution is -2.39. The summed E-state index contributed by atoms with van der Waals surface area (Å²) in [5, 5.41) is 0. The minimum atomic E-state index is -0.396. The molecule has 0 aromatic heterocycles. The highest BCUT2D eigenvalue weighted by atomic mass is 16.7. The Labute approximate surface area is 122 Å². The highest BCUT2D eigenvalue weighted by Crippen LogP contribution is 2.49. The number of unbranched alkanes of at least 4 members (excludes halogenated alkanes) is 2. The van der Waals surface area contributed by atoms with Crippen LogP contribution in [0.3, 0.4) is 0 Å². The van der Waals surface area contributed by atoms with E-state index in [0.717, 1.165) is 19.3 Å². The van der Waals surface area contributed by atoms with Crippen molar-refractivity contribution in [3.63, 3.8) is 0 Å². The van der Waals surface area contributed by atoms with Crippen LogP contribution in [-0.4, -0.2) is 31.1 Å². The van der Waals surface area contributed by atoms with Crippen molar-refractivity contribution in [2.24, 2.45) is 11.8 Å². The van der Waals surface area contributed by atoms with Crippen LogP contribution in [0.5, 0.6) is 0 Å². The van der Waals surface area contributed by atoms with Crippen LogP contribution in [0.4, 0.5) is 0 Å². The number of carbonyl (C=O) groups is 1. The first-order chi connectivity index (χ1) is 9.59. The van der Waals surface area contributed by atoms with Gasteiger partial charge in [0.15, 0.2) is 5.79 Å². The summed E-state index contributed by atoms with van der Waals surface area (Å²) in [6.45, 7) is 7.09. The molecule has 2 rings (SSSR count). The SMILES string of the molecule is CCCCCC1C(C(C)OC(C)=O)CCC12OCCO2. The van der Waals surface area contributed by atoms with E-state index in [1.807, 2.05) is 6.92 Å². The number of carbonyl (C=O) groups excluding carboxylic acids is 1. The molecule has 0 bridgehead atoms. The van der Waals surface area contributed by atoms with Crippen LogP contribution in [0.25, 0.3) is 0 Å². The lowest BCUT2D eigenvalue weighted by atomic mass is 9.84. The molecule has 1 saturated heterocycles. The normalized spacial score (nSPS) is 29.8. The van der Waals surface area contributed by atoms with Crippen molar-refractivity contribution >= 4 is 5.97 Å². The van der Waals surface area contributed by atoms with Gasteiger partial charge in [-0.25, -0.2) is 0 Å². The van der Waals surface area contributed by atoms with Gasteiger partial charge in [-0.3, -0.25) is 4.79 Å². The second-order valence-corrected chi connectivity index (χ2v) is 6.13. The largest absolute Gasteiger partial charge is 0.463 e. The number of hydrogen-bond donors (Lipinski definition) is 0. The molecule has 1 aliphatic carbocycles. The molecular formula is C16H28O4. The Balaban J connectivity index is 2.04. The zero-order chi connectivity index (χ0) is 14.6. The molecule has 3 unspecified atom stereocenters. The average Bonchev–Trinajstić information content (AvgIpc) is 2.99. The molecule has 0 radical (unpaired) electrons. The highest BCUT2D eigenvalue weighted by molar-refractivity contribution is 5.66. The first-order valence-corrected chi connectivity index (χ1v) is 8.04. The Morgan fingerprint density at radius 2 is 2.05 bits per heavy atom. The third-order valence-electron chi connectivity index (χ3n) is 4.76. The molecule has 3 atom stereocenters.